The first kappa shape index (κ1) is 21.2. The molecule has 0 unspecified atom stereocenters. The lowest BCUT2D eigenvalue weighted by Crippen LogP contribution is -2.28. The summed E-state index contributed by atoms with van der Waals surface area (Å²) in [4.78, 5) is 41.2. The zero-order chi connectivity index (χ0) is 22.7. The number of nitrogens with zero attached hydrogens (tertiary/aromatic N) is 3. The fourth-order valence-electron chi connectivity index (χ4n) is 3.17. The smallest absolute Gasteiger partial charge is 0.340 e. The average molecular weight is 433 g/mol. The molecule has 32 heavy (non-hydrogen) atoms. The van der Waals surface area contributed by atoms with Crippen molar-refractivity contribution in [1.29, 1.82) is 0 Å². The van der Waals surface area contributed by atoms with Gasteiger partial charge in [0, 0.05) is 17.9 Å². The number of pyridine rings is 1. The van der Waals surface area contributed by atoms with Crippen LogP contribution in [0.2, 0.25) is 0 Å². The first-order chi connectivity index (χ1) is 15.4. The number of nitrogens with one attached hydrogen (secondary N) is 2. The molecule has 4 rings (SSSR count). The summed E-state index contributed by atoms with van der Waals surface area (Å²) in [6.45, 7) is 3.31. The van der Waals surface area contributed by atoms with Crippen molar-refractivity contribution in [3.8, 4) is 5.82 Å². The number of hydrogen-bond donors (Lipinski definition) is 2. The van der Waals surface area contributed by atoms with E-state index in [2.05, 4.69) is 20.7 Å². The highest BCUT2D eigenvalue weighted by molar-refractivity contribution is 6.04. The SMILES string of the molecule is Cc1cc(C)n(-c2ccc(C(=O)OCC(=O)Nc3ccccc3C(=O)NC3CC3)cn2)n1. The van der Waals surface area contributed by atoms with Gasteiger partial charge in [-0.05, 0) is 57.0 Å². The molecule has 9 nitrogen and oxygen atoms in total. The van der Waals surface area contributed by atoms with Gasteiger partial charge in [0.05, 0.1) is 22.5 Å². The van der Waals surface area contributed by atoms with E-state index in [1.165, 1.54) is 6.20 Å². The number of carbonyl (C=O) groups excluding carboxylic acids is 3. The van der Waals surface area contributed by atoms with Gasteiger partial charge in [-0.1, -0.05) is 12.1 Å². The van der Waals surface area contributed by atoms with Gasteiger partial charge in [0.1, 0.15) is 0 Å². The van der Waals surface area contributed by atoms with Gasteiger partial charge in [-0.3, -0.25) is 9.59 Å². The largest absolute Gasteiger partial charge is 0.452 e. The molecule has 1 aliphatic rings. The zero-order valence-electron chi connectivity index (χ0n) is 17.8. The van der Waals surface area contributed by atoms with E-state index in [9.17, 15) is 14.4 Å². The van der Waals surface area contributed by atoms with Crippen LogP contribution >= 0.6 is 0 Å². The number of aromatic nitrogens is 3. The van der Waals surface area contributed by atoms with Crippen molar-refractivity contribution in [3.63, 3.8) is 0 Å². The summed E-state index contributed by atoms with van der Waals surface area (Å²) in [5.74, 6) is -0.885. The summed E-state index contributed by atoms with van der Waals surface area (Å²) in [6, 6.07) is 12.1. The normalized spacial score (nSPS) is 12.8. The predicted molar refractivity (Wildman–Crippen MR) is 117 cm³/mol. The van der Waals surface area contributed by atoms with Gasteiger partial charge in [0.2, 0.25) is 0 Å². The van der Waals surface area contributed by atoms with Gasteiger partial charge in [-0.25, -0.2) is 14.5 Å². The first-order valence-corrected chi connectivity index (χ1v) is 10.3. The molecule has 1 saturated carbocycles. The number of esters is 1. The summed E-state index contributed by atoms with van der Waals surface area (Å²) in [5, 5.41) is 9.86. The summed E-state index contributed by atoms with van der Waals surface area (Å²) in [6.07, 6.45) is 3.31. The molecule has 9 heteroatoms. The number of aryl methyl sites for hydroxylation is 2. The van der Waals surface area contributed by atoms with Crippen LogP contribution in [0.15, 0.2) is 48.7 Å². The van der Waals surface area contributed by atoms with E-state index in [1.807, 2.05) is 19.9 Å². The van der Waals surface area contributed by atoms with E-state index in [0.29, 0.717) is 17.1 Å². The number of anilines is 1. The standard InChI is InChI=1S/C23H23N5O4/c1-14-11-15(2)28(27-14)20-10-7-16(12-24-20)23(31)32-13-21(29)26-19-6-4-3-5-18(19)22(30)25-17-8-9-17/h3-7,10-12,17H,8-9,13H2,1-2H3,(H,25,30)(H,26,29). The summed E-state index contributed by atoms with van der Waals surface area (Å²) < 4.78 is 6.77. The number of hydrogen-bond acceptors (Lipinski definition) is 6. The second-order valence-corrected chi connectivity index (χ2v) is 7.66. The van der Waals surface area contributed by atoms with E-state index < -0.39 is 18.5 Å². The second kappa shape index (κ2) is 9.01. The van der Waals surface area contributed by atoms with Crippen LogP contribution < -0.4 is 10.6 Å². The third-order valence-electron chi connectivity index (χ3n) is 4.90. The minimum Gasteiger partial charge on any atom is -0.452 e. The number of rotatable bonds is 7. The van der Waals surface area contributed by atoms with E-state index in [4.69, 9.17) is 4.74 Å². The third-order valence-corrected chi connectivity index (χ3v) is 4.90. The maximum atomic E-state index is 12.3. The van der Waals surface area contributed by atoms with Crippen LogP contribution in [0, 0.1) is 13.8 Å². The molecule has 0 radical (unpaired) electrons. The Morgan fingerprint density at radius 2 is 1.91 bits per heavy atom. The van der Waals surface area contributed by atoms with Gasteiger partial charge in [0.25, 0.3) is 11.8 Å². The van der Waals surface area contributed by atoms with Crippen LogP contribution in [-0.4, -0.2) is 45.2 Å². The number of carbonyl (C=O) groups is 3. The Bertz CT molecular complexity index is 1170. The van der Waals surface area contributed by atoms with Crippen molar-refractivity contribution in [2.75, 3.05) is 11.9 Å². The Hall–Kier alpha value is -4.01. The lowest BCUT2D eigenvalue weighted by molar-refractivity contribution is -0.119. The highest BCUT2D eigenvalue weighted by atomic mass is 16.5. The third kappa shape index (κ3) is 5.00. The molecule has 1 fully saturated rings. The molecule has 0 bridgehead atoms. The maximum absolute atomic E-state index is 12.3. The van der Waals surface area contributed by atoms with E-state index in [0.717, 1.165) is 24.2 Å². The summed E-state index contributed by atoms with van der Waals surface area (Å²) in [5.41, 5.74) is 2.73. The number of ether oxygens (including phenoxy) is 1. The van der Waals surface area contributed by atoms with Crippen LogP contribution in [-0.2, 0) is 9.53 Å². The Labute approximate surface area is 184 Å². The van der Waals surface area contributed by atoms with Crippen LogP contribution in [0.1, 0.15) is 44.9 Å². The van der Waals surface area contributed by atoms with Gasteiger partial charge in [0.15, 0.2) is 12.4 Å². The van der Waals surface area contributed by atoms with Crippen LogP contribution in [0.4, 0.5) is 5.69 Å². The summed E-state index contributed by atoms with van der Waals surface area (Å²) in [7, 11) is 0. The van der Waals surface area contributed by atoms with Crippen molar-refractivity contribution >= 4 is 23.5 Å². The number of benzene rings is 1. The highest BCUT2D eigenvalue weighted by Gasteiger charge is 2.25. The van der Waals surface area contributed by atoms with Crippen LogP contribution in [0.25, 0.3) is 5.82 Å². The Morgan fingerprint density at radius 1 is 1.12 bits per heavy atom. The van der Waals surface area contributed by atoms with Crippen LogP contribution in [0.3, 0.4) is 0 Å². The number of amides is 2. The molecule has 2 heterocycles. The average Bonchev–Trinajstić information content (AvgIpc) is 3.53. The minimum atomic E-state index is -0.674. The predicted octanol–water partition coefficient (Wildman–Crippen LogP) is 2.57. The molecule has 2 aromatic heterocycles. The molecular weight excluding hydrogens is 410 g/mol. The fourth-order valence-corrected chi connectivity index (χ4v) is 3.17. The van der Waals surface area contributed by atoms with E-state index >= 15 is 0 Å². The van der Waals surface area contributed by atoms with Gasteiger partial charge in [-0.2, -0.15) is 5.10 Å². The molecule has 1 aromatic carbocycles. The molecule has 0 spiro atoms. The van der Waals surface area contributed by atoms with Gasteiger partial charge >= 0.3 is 5.97 Å². The van der Waals surface area contributed by atoms with E-state index in [-0.39, 0.29) is 17.5 Å². The Kier molecular flexibility index (Phi) is 5.98. The van der Waals surface area contributed by atoms with Crippen LogP contribution in [0.5, 0.6) is 0 Å². The number of para-hydroxylation sites is 1. The monoisotopic (exact) mass is 433 g/mol. The summed E-state index contributed by atoms with van der Waals surface area (Å²) >= 11 is 0. The Morgan fingerprint density at radius 3 is 2.56 bits per heavy atom. The van der Waals surface area contributed by atoms with E-state index in [1.54, 1.807) is 41.1 Å². The lowest BCUT2D eigenvalue weighted by atomic mass is 10.1. The molecular formula is C23H23N5O4. The lowest BCUT2D eigenvalue weighted by Gasteiger charge is -2.11. The topological polar surface area (TPSA) is 115 Å². The quantitative estimate of drug-likeness (QED) is 0.554. The Balaban J connectivity index is 1.34. The van der Waals surface area contributed by atoms with Crippen molar-refractivity contribution in [1.82, 2.24) is 20.1 Å². The molecule has 3 aromatic rings. The highest BCUT2D eigenvalue weighted by Crippen LogP contribution is 2.21. The fraction of sp³-hybridized carbons (Fsp3) is 0.261. The molecule has 1 aliphatic carbocycles. The molecule has 2 N–H and O–H groups in total. The van der Waals surface area contributed by atoms with Crippen molar-refractivity contribution < 1.29 is 19.1 Å². The first-order valence-electron chi connectivity index (χ1n) is 10.3. The molecule has 0 aliphatic heterocycles. The molecule has 0 atom stereocenters. The zero-order valence-corrected chi connectivity index (χ0v) is 17.8. The van der Waals surface area contributed by atoms with Crippen molar-refractivity contribution in [3.05, 3.63) is 71.2 Å². The van der Waals surface area contributed by atoms with Crippen molar-refractivity contribution in [2.45, 2.75) is 32.7 Å². The van der Waals surface area contributed by atoms with Crippen molar-refractivity contribution in [2.24, 2.45) is 0 Å². The van der Waals surface area contributed by atoms with Gasteiger partial charge in [-0.15, -0.1) is 0 Å². The molecule has 0 saturated heterocycles. The molecule has 2 amide bonds. The minimum absolute atomic E-state index is 0.202. The van der Waals surface area contributed by atoms with Gasteiger partial charge < -0.3 is 15.4 Å². The maximum Gasteiger partial charge on any atom is 0.340 e. The molecule has 164 valence electrons. The second-order valence-electron chi connectivity index (χ2n) is 7.66.